The van der Waals surface area contributed by atoms with Gasteiger partial charge in [0.05, 0.1) is 11.3 Å². The van der Waals surface area contributed by atoms with Crippen LogP contribution in [0.4, 0.5) is 24.5 Å². The summed E-state index contributed by atoms with van der Waals surface area (Å²) in [6.45, 7) is 3.94. The molecule has 0 unspecified atom stereocenters. The van der Waals surface area contributed by atoms with Crippen molar-refractivity contribution in [3.05, 3.63) is 95.1 Å². The highest BCUT2D eigenvalue weighted by Crippen LogP contribution is 2.38. The first kappa shape index (κ1) is 29.9. The summed E-state index contributed by atoms with van der Waals surface area (Å²) in [5.74, 6) is -3.52. The van der Waals surface area contributed by atoms with Crippen molar-refractivity contribution in [2.45, 2.75) is 32.5 Å². The molecule has 6 N–H and O–H groups in total. The van der Waals surface area contributed by atoms with E-state index < -0.39 is 18.1 Å². The quantitative estimate of drug-likeness (QED) is 0.181. The number of unbranched alkanes of at least 4 members (excludes halogenated alkanes) is 1. The smallest absolute Gasteiger partial charge is 0.475 e. The highest BCUT2D eigenvalue weighted by atomic mass is 19.4. The molecule has 0 atom stereocenters. The Kier molecular flexibility index (Phi) is 10.0. The van der Waals surface area contributed by atoms with Crippen molar-refractivity contribution in [3.8, 4) is 0 Å². The van der Waals surface area contributed by atoms with Crippen LogP contribution in [0.2, 0.25) is 0 Å². The number of nitrogens with two attached hydrogens (primary N) is 1. The number of nitrogens with one attached hydrogen (secondary N) is 3. The van der Waals surface area contributed by atoms with Crippen LogP contribution < -0.4 is 21.7 Å². The Hall–Kier alpha value is -4.64. The number of amides is 2. The summed E-state index contributed by atoms with van der Waals surface area (Å²) in [6.07, 6.45) is -2.78. The van der Waals surface area contributed by atoms with E-state index in [4.69, 9.17) is 15.6 Å². The van der Waals surface area contributed by atoms with Crippen molar-refractivity contribution in [1.29, 1.82) is 0 Å². The van der Waals surface area contributed by atoms with Gasteiger partial charge in [0.1, 0.15) is 0 Å². The van der Waals surface area contributed by atoms with E-state index in [1.54, 1.807) is 18.2 Å². The molecule has 0 radical (unpaired) electrons. The Balaban J connectivity index is 0.000000559. The maximum atomic E-state index is 13.1. The largest absolute Gasteiger partial charge is 0.490 e. The normalized spacial score (nSPS) is 13.4. The van der Waals surface area contributed by atoms with Gasteiger partial charge in [0, 0.05) is 29.0 Å². The molecule has 4 rings (SSSR count). The van der Waals surface area contributed by atoms with Gasteiger partial charge >= 0.3 is 12.1 Å². The number of alkyl halides is 3. The molecule has 1 heterocycles. The molecule has 210 valence electrons. The molecule has 1 aliphatic rings. The summed E-state index contributed by atoms with van der Waals surface area (Å²) in [7, 11) is 0. The van der Waals surface area contributed by atoms with Crippen LogP contribution in [-0.4, -0.2) is 35.6 Å². The van der Waals surface area contributed by atoms with E-state index in [-0.39, 0.29) is 5.91 Å². The van der Waals surface area contributed by atoms with Gasteiger partial charge in [-0.2, -0.15) is 13.2 Å². The predicted octanol–water partition coefficient (Wildman–Crippen LogP) is 5.24. The highest BCUT2D eigenvalue weighted by Gasteiger charge is 2.38. The molecule has 3 aromatic rings. The summed E-state index contributed by atoms with van der Waals surface area (Å²) in [4.78, 5) is 33.5. The number of primary amides is 1. The van der Waals surface area contributed by atoms with Gasteiger partial charge in [0.25, 0.3) is 5.91 Å². The molecule has 3 aromatic carbocycles. The van der Waals surface area contributed by atoms with E-state index in [2.05, 4.69) is 35.0 Å². The van der Waals surface area contributed by atoms with E-state index in [9.17, 15) is 22.8 Å². The van der Waals surface area contributed by atoms with Crippen molar-refractivity contribution in [2.24, 2.45) is 5.73 Å². The molecule has 0 saturated heterocycles. The first-order valence-corrected chi connectivity index (χ1v) is 12.4. The van der Waals surface area contributed by atoms with Gasteiger partial charge in [0.15, 0.2) is 0 Å². The van der Waals surface area contributed by atoms with Crippen molar-refractivity contribution in [2.75, 3.05) is 17.2 Å². The van der Waals surface area contributed by atoms with Gasteiger partial charge in [-0.15, -0.1) is 0 Å². The Morgan fingerprint density at radius 3 is 2.30 bits per heavy atom. The van der Waals surface area contributed by atoms with Gasteiger partial charge < -0.3 is 26.8 Å². The zero-order chi connectivity index (χ0) is 29.3. The molecular formula is C29H29F3N4O4. The third kappa shape index (κ3) is 7.93. The summed E-state index contributed by atoms with van der Waals surface area (Å²) < 4.78 is 31.7. The van der Waals surface area contributed by atoms with Crippen LogP contribution in [-0.2, 0) is 16.1 Å². The fourth-order valence-electron chi connectivity index (χ4n) is 3.90. The Labute approximate surface area is 229 Å². The topological polar surface area (TPSA) is 134 Å². The Bertz CT molecular complexity index is 1410. The standard InChI is InChI=1S/C27H28N4O2.C2HF3O2/c1-2-3-14-29-17-18-8-7-11-21(15-18)30-25(19-9-5-4-6-10-19)24-22-13-12-20(26(28)32)16-23(22)31-27(24)33;3-2(4,5)1(6)7/h4-13,15-16,29-30H,2-3,14,17H2,1H3,(H2,28,32)(H,31,33);(H,6,7). The lowest BCUT2D eigenvalue weighted by Crippen LogP contribution is -2.21. The van der Waals surface area contributed by atoms with E-state index >= 15 is 0 Å². The third-order valence-corrected chi connectivity index (χ3v) is 5.84. The van der Waals surface area contributed by atoms with Gasteiger partial charge in [-0.1, -0.05) is 61.9 Å². The molecule has 11 heteroatoms. The van der Waals surface area contributed by atoms with E-state index in [1.807, 2.05) is 42.5 Å². The van der Waals surface area contributed by atoms with Crippen molar-refractivity contribution < 1.29 is 32.7 Å². The summed E-state index contributed by atoms with van der Waals surface area (Å²) in [5.41, 5.74) is 11.3. The van der Waals surface area contributed by atoms with Crippen LogP contribution in [0.15, 0.2) is 72.8 Å². The van der Waals surface area contributed by atoms with Crippen LogP contribution >= 0.6 is 0 Å². The van der Waals surface area contributed by atoms with E-state index in [0.717, 1.165) is 48.3 Å². The average Bonchev–Trinajstić information content (AvgIpc) is 3.25. The SMILES string of the molecule is CCCCNCc1cccc(NC(=C2C(=O)Nc3cc(C(N)=O)ccc32)c2ccccc2)c1.O=C(O)C(F)(F)F. The average molecular weight is 555 g/mol. The lowest BCUT2D eigenvalue weighted by atomic mass is 9.99. The molecule has 0 spiro atoms. The van der Waals surface area contributed by atoms with Crippen LogP contribution in [0.25, 0.3) is 11.3 Å². The number of hydrogen-bond acceptors (Lipinski definition) is 5. The van der Waals surface area contributed by atoms with Gasteiger partial charge in [0.2, 0.25) is 5.91 Å². The number of anilines is 2. The number of rotatable bonds is 9. The Morgan fingerprint density at radius 2 is 1.68 bits per heavy atom. The van der Waals surface area contributed by atoms with Crippen molar-refractivity contribution >= 4 is 40.4 Å². The molecule has 0 saturated carbocycles. The van der Waals surface area contributed by atoms with Gasteiger partial charge in [-0.25, -0.2) is 4.79 Å². The second kappa shape index (κ2) is 13.4. The van der Waals surface area contributed by atoms with E-state index in [0.29, 0.717) is 22.5 Å². The van der Waals surface area contributed by atoms with Crippen molar-refractivity contribution in [1.82, 2.24) is 5.32 Å². The van der Waals surface area contributed by atoms with Gasteiger partial charge in [-0.3, -0.25) is 9.59 Å². The summed E-state index contributed by atoms with van der Waals surface area (Å²) in [6, 6.07) is 23.0. The number of halogens is 3. The lowest BCUT2D eigenvalue weighted by Gasteiger charge is -2.16. The maximum absolute atomic E-state index is 13.1. The number of aliphatic carboxylic acids is 1. The third-order valence-electron chi connectivity index (χ3n) is 5.84. The maximum Gasteiger partial charge on any atom is 0.490 e. The molecule has 0 bridgehead atoms. The second-order valence-electron chi connectivity index (χ2n) is 8.85. The predicted molar refractivity (Wildman–Crippen MR) is 147 cm³/mol. The zero-order valence-electron chi connectivity index (χ0n) is 21.6. The fourth-order valence-corrected chi connectivity index (χ4v) is 3.90. The van der Waals surface area contributed by atoms with Crippen LogP contribution in [0, 0.1) is 0 Å². The number of carboxylic acids is 1. The minimum Gasteiger partial charge on any atom is -0.475 e. The molecule has 0 aromatic heterocycles. The summed E-state index contributed by atoms with van der Waals surface area (Å²) >= 11 is 0. The van der Waals surface area contributed by atoms with Crippen LogP contribution in [0.1, 0.15) is 46.8 Å². The molecule has 2 amide bonds. The monoisotopic (exact) mass is 554 g/mol. The molecule has 0 fully saturated rings. The number of carbonyl (C=O) groups excluding carboxylic acids is 2. The van der Waals surface area contributed by atoms with Crippen LogP contribution in [0.3, 0.4) is 0 Å². The molecule has 40 heavy (non-hydrogen) atoms. The minimum absolute atomic E-state index is 0.227. The Morgan fingerprint density at radius 1 is 0.975 bits per heavy atom. The molecule has 0 aliphatic carbocycles. The lowest BCUT2D eigenvalue weighted by molar-refractivity contribution is -0.192. The molecule has 1 aliphatic heterocycles. The molecule has 8 nitrogen and oxygen atoms in total. The zero-order valence-corrected chi connectivity index (χ0v) is 21.6. The number of carboxylic acid groups (broad SMARTS) is 1. The first-order valence-electron chi connectivity index (χ1n) is 12.4. The van der Waals surface area contributed by atoms with Gasteiger partial charge in [-0.05, 0) is 48.4 Å². The summed E-state index contributed by atoms with van der Waals surface area (Å²) in [5, 5.41) is 17.0. The number of fused-ring (bicyclic) bond motifs is 1. The van der Waals surface area contributed by atoms with Crippen LogP contribution in [0.5, 0.6) is 0 Å². The highest BCUT2D eigenvalue weighted by molar-refractivity contribution is 6.37. The molecular weight excluding hydrogens is 525 g/mol. The fraction of sp³-hybridized carbons (Fsp3) is 0.207. The van der Waals surface area contributed by atoms with E-state index in [1.165, 1.54) is 0 Å². The minimum atomic E-state index is -5.08. The number of hydrogen-bond donors (Lipinski definition) is 5. The second-order valence-corrected chi connectivity index (χ2v) is 8.85. The number of carbonyl (C=O) groups is 3. The van der Waals surface area contributed by atoms with Crippen molar-refractivity contribution in [3.63, 3.8) is 0 Å². The number of benzene rings is 3. The first-order chi connectivity index (χ1) is 19.0.